The fourth-order valence-corrected chi connectivity index (χ4v) is 1.93. The molecule has 1 rings (SSSR count). The molecular formula is C15H26N2O2. The van der Waals surface area contributed by atoms with Gasteiger partial charge in [-0.2, -0.15) is 0 Å². The second-order valence-corrected chi connectivity index (χ2v) is 4.67. The second kappa shape index (κ2) is 8.64. The third-order valence-corrected chi connectivity index (χ3v) is 2.90. The number of unbranched alkanes of at least 4 members (excludes halogenated alkanes) is 1. The molecule has 0 aliphatic carbocycles. The van der Waals surface area contributed by atoms with E-state index in [0.29, 0.717) is 18.8 Å². The molecule has 0 bridgehead atoms. The third-order valence-electron chi connectivity index (χ3n) is 2.90. The van der Waals surface area contributed by atoms with E-state index in [1.807, 2.05) is 18.2 Å². The van der Waals surface area contributed by atoms with Crippen LogP contribution in [0.15, 0.2) is 18.2 Å². The van der Waals surface area contributed by atoms with Crippen LogP contribution in [0.5, 0.6) is 5.75 Å². The van der Waals surface area contributed by atoms with Crippen LogP contribution in [-0.4, -0.2) is 31.4 Å². The molecule has 108 valence electrons. The Morgan fingerprint density at radius 1 is 1.16 bits per heavy atom. The molecular weight excluding hydrogens is 240 g/mol. The van der Waals surface area contributed by atoms with Gasteiger partial charge in [-0.15, -0.1) is 0 Å². The Morgan fingerprint density at radius 3 is 2.58 bits per heavy atom. The van der Waals surface area contributed by atoms with Gasteiger partial charge in [-0.05, 0) is 18.9 Å². The molecule has 0 unspecified atom stereocenters. The first kappa shape index (κ1) is 15.6. The summed E-state index contributed by atoms with van der Waals surface area (Å²) in [7, 11) is 0. The van der Waals surface area contributed by atoms with Crippen LogP contribution in [0.3, 0.4) is 0 Å². The molecule has 1 aromatic rings. The van der Waals surface area contributed by atoms with E-state index in [0.717, 1.165) is 37.2 Å². The van der Waals surface area contributed by atoms with Crippen molar-refractivity contribution in [3.63, 3.8) is 0 Å². The molecule has 0 aromatic heterocycles. The summed E-state index contributed by atoms with van der Waals surface area (Å²) in [5, 5.41) is 9.17. The first-order valence-corrected chi connectivity index (χ1v) is 7.10. The highest BCUT2D eigenvalue weighted by molar-refractivity contribution is 5.60. The summed E-state index contributed by atoms with van der Waals surface area (Å²) in [6, 6.07) is 5.78. The van der Waals surface area contributed by atoms with Gasteiger partial charge in [-0.25, -0.2) is 0 Å². The Hall–Kier alpha value is -1.42. The van der Waals surface area contributed by atoms with Crippen LogP contribution in [0.2, 0.25) is 0 Å². The summed E-state index contributed by atoms with van der Waals surface area (Å²) in [6.45, 7) is 6.62. The molecule has 0 spiro atoms. The molecule has 0 saturated heterocycles. The maximum Gasteiger partial charge on any atom is 0.123 e. The van der Waals surface area contributed by atoms with Crippen LogP contribution in [0.1, 0.15) is 33.1 Å². The van der Waals surface area contributed by atoms with E-state index in [1.54, 1.807) is 0 Å². The molecule has 0 heterocycles. The van der Waals surface area contributed by atoms with E-state index in [9.17, 15) is 5.11 Å². The van der Waals surface area contributed by atoms with Gasteiger partial charge in [0.2, 0.25) is 0 Å². The number of benzene rings is 1. The SMILES string of the molecule is CCCCN(CCO)c1cc(N)cc(OCCC)c1. The zero-order chi connectivity index (χ0) is 14.1. The number of rotatable bonds is 9. The first-order chi connectivity index (χ1) is 9.21. The van der Waals surface area contributed by atoms with Crippen molar-refractivity contribution in [2.24, 2.45) is 0 Å². The smallest absolute Gasteiger partial charge is 0.123 e. The van der Waals surface area contributed by atoms with Gasteiger partial charge in [-0.1, -0.05) is 20.3 Å². The van der Waals surface area contributed by atoms with E-state index in [4.69, 9.17) is 10.5 Å². The van der Waals surface area contributed by atoms with E-state index in [2.05, 4.69) is 18.7 Å². The van der Waals surface area contributed by atoms with Gasteiger partial charge in [0.1, 0.15) is 5.75 Å². The summed E-state index contributed by atoms with van der Waals surface area (Å²) in [6.07, 6.45) is 3.20. The lowest BCUT2D eigenvalue weighted by Crippen LogP contribution is -2.27. The van der Waals surface area contributed by atoms with Crippen molar-refractivity contribution in [3.05, 3.63) is 18.2 Å². The van der Waals surface area contributed by atoms with Crippen molar-refractivity contribution in [3.8, 4) is 5.75 Å². The monoisotopic (exact) mass is 266 g/mol. The minimum absolute atomic E-state index is 0.143. The topological polar surface area (TPSA) is 58.7 Å². The number of hydrogen-bond acceptors (Lipinski definition) is 4. The maximum absolute atomic E-state index is 9.17. The largest absolute Gasteiger partial charge is 0.493 e. The molecule has 0 aliphatic heterocycles. The second-order valence-electron chi connectivity index (χ2n) is 4.67. The van der Waals surface area contributed by atoms with Gasteiger partial charge in [0.05, 0.1) is 13.2 Å². The van der Waals surface area contributed by atoms with Crippen LogP contribution in [0.4, 0.5) is 11.4 Å². The molecule has 3 N–H and O–H groups in total. The summed E-state index contributed by atoms with van der Waals surface area (Å²) in [5.74, 6) is 0.802. The highest BCUT2D eigenvalue weighted by atomic mass is 16.5. The van der Waals surface area contributed by atoms with E-state index in [1.165, 1.54) is 0 Å². The molecule has 0 saturated carbocycles. The number of nitrogens with two attached hydrogens (primary N) is 1. The Balaban J connectivity index is 2.84. The minimum Gasteiger partial charge on any atom is -0.493 e. The Kier molecular flexibility index (Phi) is 7.11. The van der Waals surface area contributed by atoms with E-state index in [-0.39, 0.29) is 6.61 Å². The van der Waals surface area contributed by atoms with Gasteiger partial charge >= 0.3 is 0 Å². The highest BCUT2D eigenvalue weighted by Crippen LogP contribution is 2.26. The molecule has 0 amide bonds. The molecule has 4 nitrogen and oxygen atoms in total. The van der Waals surface area contributed by atoms with Crippen LogP contribution in [-0.2, 0) is 0 Å². The predicted molar refractivity (Wildman–Crippen MR) is 80.8 cm³/mol. The first-order valence-electron chi connectivity index (χ1n) is 7.10. The average Bonchev–Trinajstić information content (AvgIpc) is 2.40. The minimum atomic E-state index is 0.143. The van der Waals surface area contributed by atoms with Crippen LogP contribution in [0, 0.1) is 0 Å². The van der Waals surface area contributed by atoms with Crippen molar-refractivity contribution < 1.29 is 9.84 Å². The van der Waals surface area contributed by atoms with Gasteiger partial charge < -0.3 is 20.5 Å². The van der Waals surface area contributed by atoms with E-state index < -0.39 is 0 Å². The van der Waals surface area contributed by atoms with Gasteiger partial charge in [0, 0.05) is 36.6 Å². The average molecular weight is 266 g/mol. The van der Waals surface area contributed by atoms with Crippen LogP contribution < -0.4 is 15.4 Å². The lowest BCUT2D eigenvalue weighted by atomic mass is 10.2. The molecule has 0 atom stereocenters. The fraction of sp³-hybridized carbons (Fsp3) is 0.600. The zero-order valence-electron chi connectivity index (χ0n) is 12.1. The summed E-state index contributed by atoms with van der Waals surface area (Å²) in [4.78, 5) is 2.15. The quantitative estimate of drug-likeness (QED) is 0.675. The number of aliphatic hydroxyl groups is 1. The third kappa shape index (κ3) is 5.39. The standard InChI is InChI=1S/C15H26N2O2/c1-3-5-6-17(7-8-18)14-10-13(16)11-15(12-14)19-9-4-2/h10-12,18H,3-9,16H2,1-2H3. The molecule has 1 aromatic carbocycles. The van der Waals surface area contributed by atoms with Gasteiger partial charge in [0.25, 0.3) is 0 Å². The van der Waals surface area contributed by atoms with Crippen molar-refractivity contribution in [2.45, 2.75) is 33.1 Å². The number of anilines is 2. The number of nitrogens with zero attached hydrogens (tertiary/aromatic N) is 1. The molecule has 0 aliphatic rings. The molecule has 0 radical (unpaired) electrons. The number of nitrogen functional groups attached to an aromatic ring is 1. The van der Waals surface area contributed by atoms with Crippen LogP contribution in [0.25, 0.3) is 0 Å². The molecule has 19 heavy (non-hydrogen) atoms. The predicted octanol–water partition coefficient (Wildman–Crippen LogP) is 2.66. The van der Waals surface area contributed by atoms with Crippen molar-refractivity contribution in [2.75, 3.05) is 36.9 Å². The number of hydrogen-bond donors (Lipinski definition) is 2. The van der Waals surface area contributed by atoms with Crippen LogP contribution >= 0.6 is 0 Å². The Morgan fingerprint density at radius 2 is 1.95 bits per heavy atom. The van der Waals surface area contributed by atoms with Gasteiger partial charge in [-0.3, -0.25) is 0 Å². The number of ether oxygens (including phenoxy) is 1. The molecule has 0 fully saturated rings. The summed E-state index contributed by atoms with van der Waals surface area (Å²) < 4.78 is 5.64. The Bertz CT molecular complexity index is 369. The Labute approximate surface area is 116 Å². The number of aliphatic hydroxyl groups excluding tert-OH is 1. The highest BCUT2D eigenvalue weighted by Gasteiger charge is 2.08. The van der Waals surface area contributed by atoms with Crippen molar-refractivity contribution >= 4 is 11.4 Å². The van der Waals surface area contributed by atoms with Gasteiger partial charge in [0.15, 0.2) is 0 Å². The van der Waals surface area contributed by atoms with E-state index >= 15 is 0 Å². The van der Waals surface area contributed by atoms with Crippen molar-refractivity contribution in [1.82, 2.24) is 0 Å². The zero-order valence-corrected chi connectivity index (χ0v) is 12.1. The normalized spacial score (nSPS) is 10.5. The summed E-state index contributed by atoms with van der Waals surface area (Å²) in [5.41, 5.74) is 7.64. The maximum atomic E-state index is 9.17. The fourth-order valence-electron chi connectivity index (χ4n) is 1.93. The lowest BCUT2D eigenvalue weighted by molar-refractivity contribution is 0.301. The van der Waals surface area contributed by atoms with Crippen molar-refractivity contribution in [1.29, 1.82) is 0 Å². The molecule has 4 heteroatoms. The lowest BCUT2D eigenvalue weighted by Gasteiger charge is -2.24. The summed E-state index contributed by atoms with van der Waals surface area (Å²) >= 11 is 0.